The molecule has 1 rings (SSSR count). The third-order valence-electron chi connectivity index (χ3n) is 5.15. The largest absolute Gasteiger partial charge is 0.481 e. The van der Waals surface area contributed by atoms with Gasteiger partial charge in [-0.15, -0.1) is 0 Å². The Bertz CT molecular complexity index is 256. The van der Waals surface area contributed by atoms with Gasteiger partial charge in [0.1, 0.15) is 0 Å². The smallest absolute Gasteiger partial charge is 0.306 e. The van der Waals surface area contributed by atoms with Crippen LogP contribution in [0.25, 0.3) is 0 Å². The van der Waals surface area contributed by atoms with Crippen LogP contribution in [0.4, 0.5) is 0 Å². The molecule has 124 valence electrons. The highest BCUT2D eigenvalue weighted by Gasteiger charge is 2.28. The third-order valence-corrected chi connectivity index (χ3v) is 5.15. The molecular weight excluding hydrogens is 260 g/mol. The lowest BCUT2D eigenvalue weighted by Crippen LogP contribution is -2.25. The third kappa shape index (κ3) is 8.48. The Morgan fingerprint density at radius 2 is 1.43 bits per heavy atom. The Hall–Kier alpha value is -0.530. The molecule has 0 aromatic rings. The van der Waals surface area contributed by atoms with Crippen LogP contribution in [0.15, 0.2) is 0 Å². The number of carbonyl (C=O) groups is 1. The van der Waals surface area contributed by atoms with Gasteiger partial charge < -0.3 is 5.11 Å². The van der Waals surface area contributed by atoms with Crippen molar-refractivity contribution in [2.45, 2.75) is 103 Å². The van der Waals surface area contributed by atoms with Crippen LogP contribution in [0.3, 0.4) is 0 Å². The fourth-order valence-corrected chi connectivity index (χ4v) is 3.77. The van der Waals surface area contributed by atoms with Gasteiger partial charge in [0.25, 0.3) is 0 Å². The standard InChI is InChI=1S/C19H36O2/c1-2-3-4-5-6-7-8-9-13-16-18(19(20)21)17-14-11-10-12-15-17/h17-18H,2-16H2,1H3,(H,20,21). The van der Waals surface area contributed by atoms with E-state index in [0.717, 1.165) is 25.7 Å². The van der Waals surface area contributed by atoms with Crippen molar-refractivity contribution < 1.29 is 9.90 Å². The normalized spacial score (nSPS) is 17.8. The number of carboxylic acids is 1. The number of unbranched alkanes of at least 4 members (excludes halogenated alkanes) is 8. The highest BCUT2D eigenvalue weighted by Crippen LogP contribution is 2.33. The molecule has 0 radical (unpaired) electrons. The second-order valence-corrected chi connectivity index (χ2v) is 6.96. The van der Waals surface area contributed by atoms with Gasteiger partial charge in [0.05, 0.1) is 5.92 Å². The van der Waals surface area contributed by atoms with E-state index >= 15 is 0 Å². The summed E-state index contributed by atoms with van der Waals surface area (Å²) in [5.74, 6) is -0.137. The van der Waals surface area contributed by atoms with Gasteiger partial charge in [0, 0.05) is 0 Å². The predicted molar refractivity (Wildman–Crippen MR) is 89.5 cm³/mol. The topological polar surface area (TPSA) is 37.3 Å². The van der Waals surface area contributed by atoms with Crippen LogP contribution in [-0.2, 0) is 4.79 Å². The molecule has 1 unspecified atom stereocenters. The lowest BCUT2D eigenvalue weighted by Gasteiger charge is -2.27. The minimum Gasteiger partial charge on any atom is -0.481 e. The van der Waals surface area contributed by atoms with Gasteiger partial charge in [0.2, 0.25) is 0 Å². The Morgan fingerprint density at radius 3 is 1.95 bits per heavy atom. The average molecular weight is 296 g/mol. The SMILES string of the molecule is CCCCCCCCCCCC(C(=O)O)C1CCCCC1. The fourth-order valence-electron chi connectivity index (χ4n) is 3.77. The highest BCUT2D eigenvalue weighted by atomic mass is 16.4. The molecule has 0 aliphatic heterocycles. The van der Waals surface area contributed by atoms with Gasteiger partial charge >= 0.3 is 5.97 Å². The van der Waals surface area contributed by atoms with Gasteiger partial charge in [-0.2, -0.15) is 0 Å². The van der Waals surface area contributed by atoms with E-state index in [9.17, 15) is 9.90 Å². The van der Waals surface area contributed by atoms with E-state index in [2.05, 4.69) is 6.92 Å². The first-order valence-corrected chi connectivity index (χ1v) is 9.48. The zero-order chi connectivity index (χ0) is 15.3. The van der Waals surface area contributed by atoms with Gasteiger partial charge in [0.15, 0.2) is 0 Å². The number of carboxylic acid groups (broad SMARTS) is 1. The summed E-state index contributed by atoms with van der Waals surface area (Å²) in [4.78, 5) is 11.5. The van der Waals surface area contributed by atoms with Crippen LogP contribution in [0, 0.1) is 11.8 Å². The number of aliphatic carboxylic acids is 1. The maximum absolute atomic E-state index is 11.5. The quantitative estimate of drug-likeness (QED) is 0.436. The summed E-state index contributed by atoms with van der Waals surface area (Å²) in [5, 5.41) is 9.45. The Kier molecular flexibility index (Phi) is 10.6. The predicted octanol–water partition coefficient (Wildman–Crippen LogP) is 6.19. The van der Waals surface area contributed by atoms with Crippen molar-refractivity contribution in [3.8, 4) is 0 Å². The summed E-state index contributed by atoms with van der Waals surface area (Å²) >= 11 is 0. The lowest BCUT2D eigenvalue weighted by atomic mass is 9.78. The zero-order valence-corrected chi connectivity index (χ0v) is 14.1. The molecule has 1 fully saturated rings. The number of rotatable bonds is 12. The molecule has 0 bridgehead atoms. The van der Waals surface area contributed by atoms with Crippen molar-refractivity contribution in [3.05, 3.63) is 0 Å². The summed E-state index contributed by atoms with van der Waals surface area (Å²) in [6, 6.07) is 0. The molecule has 2 heteroatoms. The first kappa shape index (κ1) is 18.5. The van der Waals surface area contributed by atoms with Crippen LogP contribution < -0.4 is 0 Å². The second-order valence-electron chi connectivity index (χ2n) is 6.96. The van der Waals surface area contributed by atoms with Crippen molar-refractivity contribution in [2.24, 2.45) is 11.8 Å². The molecular formula is C19H36O2. The van der Waals surface area contributed by atoms with E-state index in [0.29, 0.717) is 5.92 Å². The molecule has 21 heavy (non-hydrogen) atoms. The highest BCUT2D eigenvalue weighted by molar-refractivity contribution is 5.70. The number of hydrogen-bond acceptors (Lipinski definition) is 1. The molecule has 1 aliphatic rings. The Morgan fingerprint density at radius 1 is 0.905 bits per heavy atom. The van der Waals surface area contributed by atoms with Crippen molar-refractivity contribution >= 4 is 5.97 Å². The van der Waals surface area contributed by atoms with E-state index in [1.807, 2.05) is 0 Å². The molecule has 0 aromatic carbocycles. The first-order chi connectivity index (χ1) is 10.3. The molecule has 1 aliphatic carbocycles. The Balaban J connectivity index is 2.04. The van der Waals surface area contributed by atoms with Crippen LogP contribution in [0.5, 0.6) is 0 Å². The lowest BCUT2D eigenvalue weighted by molar-refractivity contribution is -0.144. The zero-order valence-electron chi connectivity index (χ0n) is 14.1. The second kappa shape index (κ2) is 12.1. The molecule has 0 spiro atoms. The van der Waals surface area contributed by atoms with E-state index in [1.54, 1.807) is 0 Å². The Labute approximate surface area is 131 Å². The van der Waals surface area contributed by atoms with Crippen molar-refractivity contribution in [1.82, 2.24) is 0 Å². The van der Waals surface area contributed by atoms with Crippen LogP contribution in [0.2, 0.25) is 0 Å². The van der Waals surface area contributed by atoms with E-state index in [4.69, 9.17) is 0 Å². The maximum Gasteiger partial charge on any atom is 0.306 e. The summed E-state index contributed by atoms with van der Waals surface area (Å²) in [5.41, 5.74) is 0. The summed E-state index contributed by atoms with van der Waals surface area (Å²) < 4.78 is 0. The molecule has 0 saturated heterocycles. The maximum atomic E-state index is 11.5. The molecule has 1 atom stereocenters. The minimum absolute atomic E-state index is 0.0603. The molecule has 0 heterocycles. The first-order valence-electron chi connectivity index (χ1n) is 9.48. The van der Waals surface area contributed by atoms with E-state index in [1.165, 1.54) is 70.6 Å². The minimum atomic E-state index is -0.540. The van der Waals surface area contributed by atoms with Crippen LogP contribution in [-0.4, -0.2) is 11.1 Å². The summed E-state index contributed by atoms with van der Waals surface area (Å²) in [6.45, 7) is 2.26. The van der Waals surface area contributed by atoms with Crippen LogP contribution in [0.1, 0.15) is 103 Å². The molecule has 1 N–H and O–H groups in total. The molecule has 0 aromatic heterocycles. The van der Waals surface area contributed by atoms with Crippen molar-refractivity contribution in [1.29, 1.82) is 0 Å². The monoisotopic (exact) mass is 296 g/mol. The molecule has 2 nitrogen and oxygen atoms in total. The van der Waals surface area contributed by atoms with Gasteiger partial charge in [-0.05, 0) is 25.2 Å². The summed E-state index contributed by atoms with van der Waals surface area (Å²) in [6.07, 6.45) is 18.8. The number of hydrogen-bond donors (Lipinski definition) is 1. The molecule has 1 saturated carbocycles. The van der Waals surface area contributed by atoms with E-state index in [-0.39, 0.29) is 5.92 Å². The van der Waals surface area contributed by atoms with Crippen LogP contribution >= 0.6 is 0 Å². The average Bonchev–Trinajstić information content (AvgIpc) is 2.50. The van der Waals surface area contributed by atoms with Gasteiger partial charge in [-0.3, -0.25) is 4.79 Å². The van der Waals surface area contributed by atoms with Gasteiger partial charge in [-0.1, -0.05) is 84.0 Å². The molecule has 0 amide bonds. The van der Waals surface area contributed by atoms with E-state index < -0.39 is 5.97 Å². The fraction of sp³-hybridized carbons (Fsp3) is 0.947. The summed E-state index contributed by atoms with van der Waals surface area (Å²) in [7, 11) is 0. The van der Waals surface area contributed by atoms with Gasteiger partial charge in [-0.25, -0.2) is 0 Å². The van der Waals surface area contributed by atoms with Crippen molar-refractivity contribution in [2.75, 3.05) is 0 Å². The van der Waals surface area contributed by atoms with Crippen molar-refractivity contribution in [3.63, 3.8) is 0 Å².